The fourth-order valence-corrected chi connectivity index (χ4v) is 4.04. The molecule has 0 unspecified atom stereocenters. The molecule has 4 rings (SSSR count). The Hall–Kier alpha value is -3.32. The maximum atomic E-state index is 12.1. The number of nitrogens with zero attached hydrogens (tertiary/aromatic N) is 3. The third-order valence-electron chi connectivity index (χ3n) is 4.78. The van der Waals surface area contributed by atoms with E-state index in [1.165, 1.54) is 5.56 Å². The summed E-state index contributed by atoms with van der Waals surface area (Å²) in [5, 5.41) is 12.6. The van der Waals surface area contributed by atoms with Gasteiger partial charge >= 0.3 is 0 Å². The first kappa shape index (κ1) is 20.9. The average Bonchev–Trinajstić information content (AvgIpc) is 3.46. The van der Waals surface area contributed by atoms with Crippen molar-refractivity contribution in [3.8, 4) is 17.1 Å². The van der Waals surface area contributed by atoms with Gasteiger partial charge in [-0.25, -0.2) is 0 Å². The van der Waals surface area contributed by atoms with Gasteiger partial charge in [-0.1, -0.05) is 59.8 Å². The summed E-state index contributed by atoms with van der Waals surface area (Å²) in [7, 11) is 0. The normalized spacial score (nSPS) is 10.9. The number of rotatable bonds is 9. The molecule has 2 heterocycles. The van der Waals surface area contributed by atoms with Crippen molar-refractivity contribution in [2.24, 2.45) is 0 Å². The number of carbonyl (C=O) groups excluding carboxylic acids is 1. The number of hydrogen-bond acceptors (Lipinski definition) is 5. The Bertz CT molecular complexity index is 1110. The largest absolute Gasteiger partial charge is 0.467 e. The molecular weight excluding hydrogens is 408 g/mol. The van der Waals surface area contributed by atoms with Crippen molar-refractivity contribution in [1.82, 2.24) is 20.1 Å². The highest BCUT2D eigenvalue weighted by atomic mass is 32.2. The van der Waals surface area contributed by atoms with Crippen LogP contribution in [-0.4, -0.2) is 26.4 Å². The van der Waals surface area contributed by atoms with Gasteiger partial charge in [-0.3, -0.25) is 9.36 Å². The lowest BCUT2D eigenvalue weighted by atomic mass is 10.1. The zero-order valence-electron chi connectivity index (χ0n) is 17.3. The van der Waals surface area contributed by atoms with Crippen LogP contribution < -0.4 is 5.32 Å². The highest BCUT2D eigenvalue weighted by Gasteiger charge is 2.16. The van der Waals surface area contributed by atoms with Gasteiger partial charge in [0.2, 0.25) is 5.91 Å². The lowest BCUT2D eigenvalue weighted by Gasteiger charge is -2.10. The maximum Gasteiger partial charge on any atom is 0.220 e. The summed E-state index contributed by atoms with van der Waals surface area (Å²) >= 11 is 1.61. The molecule has 0 aliphatic heterocycles. The summed E-state index contributed by atoms with van der Waals surface area (Å²) in [4.78, 5) is 12.1. The van der Waals surface area contributed by atoms with Crippen LogP contribution in [0, 0.1) is 6.92 Å². The van der Waals surface area contributed by atoms with Crippen LogP contribution in [0.25, 0.3) is 17.1 Å². The Balaban J connectivity index is 1.41. The van der Waals surface area contributed by atoms with E-state index >= 15 is 0 Å². The first-order chi connectivity index (χ1) is 15.2. The van der Waals surface area contributed by atoms with Crippen molar-refractivity contribution in [3.05, 3.63) is 84.3 Å². The molecule has 31 heavy (non-hydrogen) atoms. The van der Waals surface area contributed by atoms with Crippen molar-refractivity contribution in [2.45, 2.75) is 31.5 Å². The van der Waals surface area contributed by atoms with Crippen molar-refractivity contribution in [2.75, 3.05) is 5.75 Å². The van der Waals surface area contributed by atoms with Gasteiger partial charge < -0.3 is 9.73 Å². The van der Waals surface area contributed by atoms with Gasteiger partial charge in [0, 0.05) is 23.4 Å². The SMILES string of the molecule is Cc1ccc(-c2nnc(SCCCC(=O)NCc3ccco3)n2-c2ccccc2)cc1. The van der Waals surface area contributed by atoms with Gasteiger partial charge in [-0.05, 0) is 37.6 Å². The van der Waals surface area contributed by atoms with Crippen LogP contribution in [0.2, 0.25) is 0 Å². The van der Waals surface area contributed by atoms with Gasteiger partial charge in [-0.15, -0.1) is 10.2 Å². The first-order valence-corrected chi connectivity index (χ1v) is 11.2. The molecule has 0 fully saturated rings. The van der Waals surface area contributed by atoms with E-state index in [1.54, 1.807) is 18.0 Å². The van der Waals surface area contributed by atoms with Crippen LogP contribution in [0.3, 0.4) is 0 Å². The molecule has 0 aliphatic carbocycles. The number of para-hydroxylation sites is 1. The van der Waals surface area contributed by atoms with E-state index in [2.05, 4.69) is 51.3 Å². The molecule has 0 bridgehead atoms. The highest BCUT2D eigenvalue weighted by molar-refractivity contribution is 7.99. The predicted octanol–water partition coefficient (Wildman–Crippen LogP) is 5.02. The third-order valence-corrected chi connectivity index (χ3v) is 5.79. The summed E-state index contributed by atoms with van der Waals surface area (Å²) in [6.45, 7) is 2.49. The number of furan rings is 1. The fraction of sp³-hybridized carbons (Fsp3) is 0.208. The minimum atomic E-state index is 0.0156. The van der Waals surface area contributed by atoms with Crippen LogP contribution in [0.5, 0.6) is 0 Å². The van der Waals surface area contributed by atoms with Gasteiger partial charge in [0.25, 0.3) is 0 Å². The summed E-state index contributed by atoms with van der Waals surface area (Å²) in [5.74, 6) is 2.35. The molecule has 7 heteroatoms. The smallest absolute Gasteiger partial charge is 0.220 e. The van der Waals surface area contributed by atoms with Crippen molar-refractivity contribution >= 4 is 17.7 Å². The number of aryl methyl sites for hydroxylation is 1. The third kappa shape index (κ3) is 5.44. The van der Waals surface area contributed by atoms with Gasteiger partial charge in [0.15, 0.2) is 11.0 Å². The molecule has 6 nitrogen and oxygen atoms in total. The monoisotopic (exact) mass is 432 g/mol. The average molecular weight is 433 g/mol. The quantitative estimate of drug-likeness (QED) is 0.297. The predicted molar refractivity (Wildman–Crippen MR) is 122 cm³/mol. The molecule has 2 aromatic carbocycles. The Morgan fingerprint density at radius 3 is 2.58 bits per heavy atom. The van der Waals surface area contributed by atoms with Gasteiger partial charge in [0.05, 0.1) is 12.8 Å². The van der Waals surface area contributed by atoms with Gasteiger partial charge in [0.1, 0.15) is 5.76 Å². The van der Waals surface area contributed by atoms with Crippen molar-refractivity contribution in [3.63, 3.8) is 0 Å². The fourth-order valence-electron chi connectivity index (χ4n) is 3.15. The molecule has 158 valence electrons. The molecule has 0 spiro atoms. The number of carbonyl (C=O) groups is 1. The maximum absolute atomic E-state index is 12.1. The topological polar surface area (TPSA) is 73.0 Å². The second kappa shape index (κ2) is 10.1. The molecule has 0 aliphatic rings. The number of amides is 1. The minimum absolute atomic E-state index is 0.0156. The lowest BCUT2D eigenvalue weighted by Crippen LogP contribution is -2.22. The van der Waals surface area contributed by atoms with E-state index in [1.807, 2.05) is 42.5 Å². The number of aromatic nitrogens is 3. The Morgan fingerprint density at radius 1 is 1.03 bits per heavy atom. The summed E-state index contributed by atoms with van der Waals surface area (Å²) in [6, 6.07) is 22.0. The highest BCUT2D eigenvalue weighted by Crippen LogP contribution is 2.28. The van der Waals surface area contributed by atoms with Crippen LogP contribution in [0.15, 0.2) is 82.6 Å². The Morgan fingerprint density at radius 2 is 1.84 bits per heavy atom. The first-order valence-electron chi connectivity index (χ1n) is 10.2. The van der Waals surface area contributed by atoms with Crippen molar-refractivity contribution < 1.29 is 9.21 Å². The lowest BCUT2D eigenvalue weighted by molar-refractivity contribution is -0.121. The van der Waals surface area contributed by atoms with E-state index in [-0.39, 0.29) is 5.91 Å². The van der Waals surface area contributed by atoms with Crippen LogP contribution in [-0.2, 0) is 11.3 Å². The number of benzene rings is 2. The zero-order valence-corrected chi connectivity index (χ0v) is 18.1. The standard InChI is InChI=1S/C24H24N4O2S/c1-18-11-13-19(14-12-18)23-26-27-24(28(23)20-7-3-2-4-8-20)31-16-6-10-22(29)25-17-21-9-5-15-30-21/h2-5,7-9,11-15H,6,10,16-17H2,1H3,(H,25,29). The molecule has 0 radical (unpaired) electrons. The molecule has 0 saturated heterocycles. The Labute approximate surface area is 185 Å². The molecule has 1 N–H and O–H groups in total. The molecule has 2 aromatic heterocycles. The molecular formula is C24H24N4O2S. The van der Waals surface area contributed by atoms with E-state index in [0.29, 0.717) is 13.0 Å². The van der Waals surface area contributed by atoms with E-state index in [0.717, 1.165) is 40.2 Å². The number of thioether (sulfide) groups is 1. The van der Waals surface area contributed by atoms with Crippen LogP contribution in [0.4, 0.5) is 0 Å². The van der Waals surface area contributed by atoms with Crippen LogP contribution in [0.1, 0.15) is 24.2 Å². The van der Waals surface area contributed by atoms with Gasteiger partial charge in [-0.2, -0.15) is 0 Å². The summed E-state index contributed by atoms with van der Waals surface area (Å²) < 4.78 is 7.31. The summed E-state index contributed by atoms with van der Waals surface area (Å²) in [6.07, 6.45) is 2.81. The molecule has 4 aromatic rings. The minimum Gasteiger partial charge on any atom is -0.467 e. The van der Waals surface area contributed by atoms with Crippen LogP contribution >= 0.6 is 11.8 Å². The second-order valence-corrected chi connectivity index (χ2v) is 8.21. The summed E-state index contributed by atoms with van der Waals surface area (Å²) in [5.41, 5.74) is 3.24. The van der Waals surface area contributed by atoms with Crippen molar-refractivity contribution in [1.29, 1.82) is 0 Å². The molecule has 1 amide bonds. The molecule has 0 saturated carbocycles. The number of hydrogen-bond donors (Lipinski definition) is 1. The van der Waals surface area contributed by atoms with E-state index < -0.39 is 0 Å². The number of nitrogens with one attached hydrogen (secondary N) is 1. The Kier molecular flexibility index (Phi) is 6.84. The zero-order chi connectivity index (χ0) is 21.5. The van der Waals surface area contributed by atoms with E-state index in [4.69, 9.17) is 4.42 Å². The molecule has 0 atom stereocenters. The van der Waals surface area contributed by atoms with E-state index in [9.17, 15) is 4.79 Å². The second-order valence-electron chi connectivity index (χ2n) is 7.15.